The van der Waals surface area contributed by atoms with Gasteiger partial charge < -0.3 is 15.3 Å². The highest BCUT2D eigenvalue weighted by Crippen LogP contribution is 2.07. The van der Waals surface area contributed by atoms with Gasteiger partial charge in [0, 0.05) is 12.1 Å². The summed E-state index contributed by atoms with van der Waals surface area (Å²) >= 11 is 0. The first-order valence-corrected chi connectivity index (χ1v) is 7.27. The molecule has 0 aromatic carbocycles. The standard InChI is InChI=1S/C14H32N2O/c1-5-8-10-16(13(4)6-2)11-9-14(12-17)15-7-3/h13-15,17H,5-12H2,1-4H3. The van der Waals surface area contributed by atoms with Crippen molar-refractivity contribution < 1.29 is 5.11 Å². The van der Waals surface area contributed by atoms with Crippen LogP contribution in [0.1, 0.15) is 53.4 Å². The second-order valence-corrected chi connectivity index (χ2v) is 4.87. The van der Waals surface area contributed by atoms with Crippen LogP contribution in [0.5, 0.6) is 0 Å². The molecule has 0 saturated carbocycles. The van der Waals surface area contributed by atoms with E-state index in [1.54, 1.807) is 0 Å². The Hall–Kier alpha value is -0.120. The number of unbranched alkanes of at least 4 members (excludes halogenated alkanes) is 1. The number of rotatable bonds is 11. The van der Waals surface area contributed by atoms with Gasteiger partial charge in [-0.05, 0) is 45.8 Å². The summed E-state index contributed by atoms with van der Waals surface area (Å²) in [6.45, 7) is 12.3. The number of nitrogens with zero attached hydrogens (tertiary/aromatic N) is 1. The average Bonchev–Trinajstić information content (AvgIpc) is 2.36. The topological polar surface area (TPSA) is 35.5 Å². The van der Waals surface area contributed by atoms with Gasteiger partial charge in [-0.25, -0.2) is 0 Å². The molecule has 104 valence electrons. The molecule has 17 heavy (non-hydrogen) atoms. The van der Waals surface area contributed by atoms with Gasteiger partial charge in [-0.2, -0.15) is 0 Å². The van der Waals surface area contributed by atoms with Crippen LogP contribution in [-0.2, 0) is 0 Å². The Balaban J connectivity index is 4.03. The Morgan fingerprint density at radius 3 is 2.35 bits per heavy atom. The van der Waals surface area contributed by atoms with E-state index in [0.717, 1.165) is 19.5 Å². The van der Waals surface area contributed by atoms with Gasteiger partial charge in [0.15, 0.2) is 0 Å². The van der Waals surface area contributed by atoms with Crippen molar-refractivity contribution in [3.63, 3.8) is 0 Å². The number of nitrogens with one attached hydrogen (secondary N) is 1. The molecule has 0 aromatic rings. The minimum atomic E-state index is 0.246. The van der Waals surface area contributed by atoms with Crippen LogP contribution in [0.3, 0.4) is 0 Å². The molecule has 0 heterocycles. The zero-order chi connectivity index (χ0) is 13.1. The summed E-state index contributed by atoms with van der Waals surface area (Å²) in [5, 5.41) is 12.6. The molecule has 0 saturated heterocycles. The van der Waals surface area contributed by atoms with Crippen LogP contribution in [0.25, 0.3) is 0 Å². The highest BCUT2D eigenvalue weighted by atomic mass is 16.3. The fourth-order valence-electron chi connectivity index (χ4n) is 2.04. The third-order valence-corrected chi connectivity index (χ3v) is 3.49. The highest BCUT2D eigenvalue weighted by Gasteiger charge is 2.13. The maximum atomic E-state index is 9.26. The summed E-state index contributed by atoms with van der Waals surface area (Å²) in [5.41, 5.74) is 0. The lowest BCUT2D eigenvalue weighted by Crippen LogP contribution is -2.40. The average molecular weight is 244 g/mol. The summed E-state index contributed by atoms with van der Waals surface area (Å²) in [6.07, 6.45) is 4.77. The van der Waals surface area contributed by atoms with Gasteiger partial charge in [0.05, 0.1) is 6.61 Å². The van der Waals surface area contributed by atoms with Crippen LogP contribution < -0.4 is 5.32 Å². The summed E-state index contributed by atoms with van der Waals surface area (Å²) in [5.74, 6) is 0. The van der Waals surface area contributed by atoms with Crippen molar-refractivity contribution in [2.24, 2.45) is 0 Å². The van der Waals surface area contributed by atoms with Gasteiger partial charge in [0.25, 0.3) is 0 Å². The number of hydrogen-bond acceptors (Lipinski definition) is 3. The zero-order valence-electron chi connectivity index (χ0n) is 12.2. The Labute approximate surface area is 108 Å². The molecule has 2 atom stereocenters. The largest absolute Gasteiger partial charge is 0.395 e. The van der Waals surface area contributed by atoms with Crippen LogP contribution in [0, 0.1) is 0 Å². The third kappa shape index (κ3) is 7.74. The molecule has 3 heteroatoms. The lowest BCUT2D eigenvalue weighted by Gasteiger charge is -2.29. The molecule has 0 radical (unpaired) electrons. The van der Waals surface area contributed by atoms with Crippen molar-refractivity contribution in [1.29, 1.82) is 0 Å². The fraction of sp³-hybridized carbons (Fsp3) is 1.00. The Morgan fingerprint density at radius 1 is 1.18 bits per heavy atom. The highest BCUT2D eigenvalue weighted by molar-refractivity contribution is 4.71. The van der Waals surface area contributed by atoms with Gasteiger partial charge in [-0.15, -0.1) is 0 Å². The van der Waals surface area contributed by atoms with Crippen LogP contribution in [0.4, 0.5) is 0 Å². The first kappa shape index (κ1) is 16.9. The number of hydrogen-bond donors (Lipinski definition) is 2. The first-order valence-electron chi connectivity index (χ1n) is 7.27. The summed E-state index contributed by atoms with van der Waals surface area (Å²) in [7, 11) is 0. The van der Waals surface area contributed by atoms with E-state index in [0.29, 0.717) is 6.04 Å². The second kappa shape index (κ2) is 11.0. The first-order chi connectivity index (χ1) is 8.19. The maximum absolute atomic E-state index is 9.26. The fourth-order valence-corrected chi connectivity index (χ4v) is 2.04. The maximum Gasteiger partial charge on any atom is 0.0585 e. The molecule has 2 N–H and O–H groups in total. The van der Waals surface area contributed by atoms with Gasteiger partial charge in [0.1, 0.15) is 0 Å². The van der Waals surface area contributed by atoms with E-state index < -0.39 is 0 Å². The van der Waals surface area contributed by atoms with Crippen LogP contribution in [0.15, 0.2) is 0 Å². The van der Waals surface area contributed by atoms with Crippen LogP contribution in [-0.4, -0.2) is 48.3 Å². The predicted octanol–water partition coefficient (Wildman–Crippen LogP) is 2.25. The molecule has 0 aliphatic heterocycles. The monoisotopic (exact) mass is 244 g/mol. The normalized spacial score (nSPS) is 15.2. The van der Waals surface area contributed by atoms with E-state index in [4.69, 9.17) is 0 Å². The summed E-state index contributed by atoms with van der Waals surface area (Å²) < 4.78 is 0. The minimum absolute atomic E-state index is 0.246. The Morgan fingerprint density at radius 2 is 1.88 bits per heavy atom. The van der Waals surface area contributed by atoms with Gasteiger partial charge in [-0.1, -0.05) is 27.2 Å². The number of likely N-dealkylation sites (N-methyl/N-ethyl adjacent to an activating group) is 1. The number of aliphatic hydroxyl groups excluding tert-OH is 1. The van der Waals surface area contributed by atoms with Gasteiger partial charge in [-0.3, -0.25) is 0 Å². The molecule has 0 aromatic heterocycles. The van der Waals surface area contributed by atoms with E-state index in [1.165, 1.54) is 25.8 Å². The van der Waals surface area contributed by atoms with Crippen molar-refractivity contribution in [1.82, 2.24) is 10.2 Å². The molecule has 0 fully saturated rings. The lowest BCUT2D eigenvalue weighted by atomic mass is 10.1. The molecular weight excluding hydrogens is 212 g/mol. The van der Waals surface area contributed by atoms with Crippen molar-refractivity contribution >= 4 is 0 Å². The Bertz CT molecular complexity index is 162. The van der Waals surface area contributed by atoms with Gasteiger partial charge >= 0.3 is 0 Å². The quantitative estimate of drug-likeness (QED) is 0.585. The molecule has 0 amide bonds. The second-order valence-electron chi connectivity index (χ2n) is 4.87. The summed E-state index contributed by atoms with van der Waals surface area (Å²) in [4.78, 5) is 2.56. The predicted molar refractivity (Wildman–Crippen MR) is 75.4 cm³/mol. The molecule has 3 nitrogen and oxygen atoms in total. The smallest absolute Gasteiger partial charge is 0.0585 e. The van der Waals surface area contributed by atoms with E-state index in [2.05, 4.69) is 37.9 Å². The van der Waals surface area contributed by atoms with Crippen molar-refractivity contribution in [3.8, 4) is 0 Å². The molecule has 0 aliphatic rings. The lowest BCUT2D eigenvalue weighted by molar-refractivity contribution is 0.172. The molecule has 0 spiro atoms. The van der Waals surface area contributed by atoms with E-state index >= 15 is 0 Å². The van der Waals surface area contributed by atoms with Gasteiger partial charge in [0.2, 0.25) is 0 Å². The van der Waals surface area contributed by atoms with Crippen molar-refractivity contribution in [2.75, 3.05) is 26.2 Å². The number of aliphatic hydroxyl groups is 1. The molecular formula is C14H32N2O. The third-order valence-electron chi connectivity index (χ3n) is 3.49. The molecule has 0 aliphatic carbocycles. The van der Waals surface area contributed by atoms with Crippen LogP contribution >= 0.6 is 0 Å². The zero-order valence-corrected chi connectivity index (χ0v) is 12.2. The molecule has 0 rings (SSSR count). The van der Waals surface area contributed by atoms with E-state index in [1.807, 2.05) is 0 Å². The van der Waals surface area contributed by atoms with E-state index in [9.17, 15) is 5.11 Å². The van der Waals surface area contributed by atoms with Crippen molar-refractivity contribution in [3.05, 3.63) is 0 Å². The van der Waals surface area contributed by atoms with Crippen molar-refractivity contribution in [2.45, 2.75) is 65.5 Å². The van der Waals surface area contributed by atoms with Crippen LogP contribution in [0.2, 0.25) is 0 Å². The SMILES string of the molecule is CCCCN(CCC(CO)NCC)C(C)CC. The molecule has 0 bridgehead atoms. The molecule has 2 unspecified atom stereocenters. The van der Waals surface area contributed by atoms with E-state index in [-0.39, 0.29) is 12.6 Å². The Kier molecular flexibility index (Phi) is 10.9. The minimum Gasteiger partial charge on any atom is -0.395 e. The summed E-state index contributed by atoms with van der Waals surface area (Å²) in [6, 6.07) is 0.913.